The van der Waals surface area contributed by atoms with Crippen molar-refractivity contribution in [2.45, 2.75) is 0 Å². The summed E-state index contributed by atoms with van der Waals surface area (Å²) in [7, 11) is 1.46. The lowest BCUT2D eigenvalue weighted by Gasteiger charge is -2.15. The highest BCUT2D eigenvalue weighted by molar-refractivity contribution is 14.1. The van der Waals surface area contributed by atoms with E-state index in [1.165, 1.54) is 35.1 Å². The zero-order chi connectivity index (χ0) is 16.7. The lowest BCUT2D eigenvalue weighted by atomic mass is 10.2. The number of carboxylic acids is 1. The maximum atomic E-state index is 14.1. The lowest BCUT2D eigenvalue weighted by Crippen LogP contribution is -2.22. The number of hydrogen-bond acceptors (Lipinski definition) is 4. The van der Waals surface area contributed by atoms with Crippen LogP contribution in [0.15, 0.2) is 34.4 Å². The van der Waals surface area contributed by atoms with Crippen LogP contribution in [0.1, 0.15) is 10.4 Å². The largest absolute Gasteiger partial charge is 0.478 e. The van der Waals surface area contributed by atoms with Crippen molar-refractivity contribution in [3.8, 4) is 0 Å². The van der Waals surface area contributed by atoms with Gasteiger partial charge in [0, 0.05) is 10.6 Å². The Morgan fingerprint density at radius 1 is 1.39 bits per heavy atom. The minimum absolute atomic E-state index is 0.0462. The van der Waals surface area contributed by atoms with E-state index in [9.17, 15) is 19.1 Å². The van der Waals surface area contributed by atoms with Crippen LogP contribution in [0.25, 0.3) is 10.1 Å². The van der Waals surface area contributed by atoms with E-state index in [-0.39, 0.29) is 22.6 Å². The molecule has 0 spiro atoms. The van der Waals surface area contributed by atoms with Crippen LogP contribution in [-0.2, 0) is 7.05 Å². The number of nitrogens with one attached hydrogen (secondary N) is 1. The molecular formula is C15H10FIN2O3S. The molecule has 5 nitrogen and oxygen atoms in total. The number of benzene rings is 1. The Morgan fingerprint density at radius 3 is 2.78 bits per heavy atom. The highest BCUT2D eigenvalue weighted by atomic mass is 127. The van der Waals surface area contributed by atoms with Gasteiger partial charge in [-0.15, -0.1) is 11.3 Å². The number of halogens is 2. The smallest absolute Gasteiger partial charge is 0.340 e. The zero-order valence-electron chi connectivity index (χ0n) is 11.8. The van der Waals surface area contributed by atoms with Gasteiger partial charge in [-0.3, -0.25) is 9.36 Å². The van der Waals surface area contributed by atoms with Gasteiger partial charge in [0.1, 0.15) is 17.2 Å². The second kappa shape index (κ2) is 5.93. The van der Waals surface area contributed by atoms with Crippen molar-refractivity contribution in [2.24, 2.45) is 7.05 Å². The molecule has 0 aliphatic rings. The fourth-order valence-corrected chi connectivity index (χ4v) is 3.67. The maximum Gasteiger partial charge on any atom is 0.340 e. The van der Waals surface area contributed by atoms with Gasteiger partial charge in [0.15, 0.2) is 0 Å². The first kappa shape index (κ1) is 15.9. The van der Waals surface area contributed by atoms with E-state index in [4.69, 9.17) is 0 Å². The molecule has 0 saturated carbocycles. The summed E-state index contributed by atoms with van der Waals surface area (Å²) in [6.07, 6.45) is 0. The topological polar surface area (TPSA) is 71.3 Å². The molecule has 0 amide bonds. The first-order valence-corrected chi connectivity index (χ1v) is 8.41. The monoisotopic (exact) mass is 444 g/mol. The molecule has 0 bridgehead atoms. The van der Waals surface area contributed by atoms with E-state index in [1.807, 2.05) is 22.6 Å². The molecule has 2 heterocycles. The molecule has 23 heavy (non-hydrogen) atoms. The number of carbonyl (C=O) groups is 1. The third-order valence-electron chi connectivity index (χ3n) is 3.40. The molecule has 118 valence electrons. The van der Waals surface area contributed by atoms with E-state index in [0.717, 1.165) is 0 Å². The number of carboxylic acid groups (broad SMARTS) is 1. The van der Waals surface area contributed by atoms with Gasteiger partial charge in [-0.05, 0) is 52.2 Å². The second-order valence-corrected chi connectivity index (χ2v) is 6.97. The molecule has 0 radical (unpaired) electrons. The normalized spacial score (nSPS) is 10.9. The zero-order valence-corrected chi connectivity index (χ0v) is 14.7. The summed E-state index contributed by atoms with van der Waals surface area (Å²) in [4.78, 5) is 24.0. The predicted molar refractivity (Wildman–Crippen MR) is 96.4 cm³/mol. The van der Waals surface area contributed by atoms with Gasteiger partial charge in [0.25, 0.3) is 5.56 Å². The van der Waals surface area contributed by atoms with Gasteiger partial charge in [-0.2, -0.15) is 0 Å². The first-order chi connectivity index (χ1) is 10.9. The molecule has 0 unspecified atom stereocenters. The lowest BCUT2D eigenvalue weighted by molar-refractivity contribution is 0.0699. The number of aromatic carboxylic acids is 1. The molecule has 2 aromatic heterocycles. The minimum atomic E-state index is -1.18. The van der Waals surface area contributed by atoms with Gasteiger partial charge in [0.2, 0.25) is 0 Å². The van der Waals surface area contributed by atoms with Gasteiger partial charge in [-0.25, -0.2) is 9.18 Å². The Labute approximate surface area is 147 Å². The number of pyridine rings is 1. The van der Waals surface area contributed by atoms with E-state index in [0.29, 0.717) is 13.7 Å². The number of fused-ring (bicyclic) bond motifs is 1. The second-order valence-electron chi connectivity index (χ2n) is 4.81. The summed E-state index contributed by atoms with van der Waals surface area (Å²) in [6, 6.07) is 6.11. The molecule has 0 saturated heterocycles. The van der Waals surface area contributed by atoms with E-state index >= 15 is 0 Å². The fraction of sp³-hybridized carbons (Fsp3) is 0.0667. The van der Waals surface area contributed by atoms with Crippen LogP contribution in [0.3, 0.4) is 0 Å². The highest BCUT2D eigenvalue weighted by Crippen LogP contribution is 2.30. The molecule has 3 rings (SSSR count). The molecule has 0 aliphatic carbocycles. The summed E-state index contributed by atoms with van der Waals surface area (Å²) < 4.78 is 16.3. The summed E-state index contributed by atoms with van der Waals surface area (Å²) in [5.41, 5.74) is -0.270. The average Bonchev–Trinajstić information content (AvgIpc) is 2.96. The van der Waals surface area contributed by atoms with Crippen LogP contribution >= 0.6 is 33.9 Å². The average molecular weight is 444 g/mol. The Bertz CT molecular complexity index is 996. The molecule has 0 aliphatic heterocycles. The van der Waals surface area contributed by atoms with Gasteiger partial charge in [0.05, 0.1) is 15.8 Å². The van der Waals surface area contributed by atoms with Crippen molar-refractivity contribution in [1.29, 1.82) is 0 Å². The van der Waals surface area contributed by atoms with E-state index in [1.54, 1.807) is 17.5 Å². The first-order valence-electron chi connectivity index (χ1n) is 6.45. The molecule has 8 heteroatoms. The Hall–Kier alpha value is -1.94. The quantitative estimate of drug-likeness (QED) is 0.604. The number of hydrogen-bond donors (Lipinski definition) is 2. The van der Waals surface area contributed by atoms with Gasteiger partial charge < -0.3 is 10.4 Å². The van der Waals surface area contributed by atoms with Crippen molar-refractivity contribution >= 4 is 61.5 Å². The molecule has 0 fully saturated rings. The molecular weight excluding hydrogens is 434 g/mol. The highest BCUT2D eigenvalue weighted by Gasteiger charge is 2.22. The SMILES string of the molecule is Cn1c(Nc2ccc(I)cc2F)c(C(=O)O)c2sccc2c1=O. The van der Waals surface area contributed by atoms with Gasteiger partial charge >= 0.3 is 5.97 Å². The van der Waals surface area contributed by atoms with Crippen molar-refractivity contribution in [3.05, 3.63) is 55.0 Å². The number of rotatable bonds is 3. The number of aromatic nitrogens is 1. The molecule has 2 N–H and O–H groups in total. The number of anilines is 2. The third kappa shape index (κ3) is 2.72. The number of nitrogens with zero attached hydrogens (tertiary/aromatic N) is 1. The minimum Gasteiger partial charge on any atom is -0.478 e. The van der Waals surface area contributed by atoms with Crippen LogP contribution in [0.2, 0.25) is 0 Å². The van der Waals surface area contributed by atoms with Crippen molar-refractivity contribution in [1.82, 2.24) is 4.57 Å². The van der Waals surface area contributed by atoms with E-state index in [2.05, 4.69) is 5.32 Å². The molecule has 1 aromatic carbocycles. The standard InChI is InChI=1S/C15H10FIN2O3S/c1-19-13(18-10-3-2-7(17)6-9(10)16)11(15(21)22)12-8(14(19)20)4-5-23-12/h2-6,18H,1H3,(H,21,22). The Kier molecular flexibility index (Phi) is 4.11. The van der Waals surface area contributed by atoms with Crippen LogP contribution in [0, 0.1) is 9.39 Å². The van der Waals surface area contributed by atoms with Gasteiger partial charge in [-0.1, -0.05) is 0 Å². The summed E-state index contributed by atoms with van der Waals surface area (Å²) in [5, 5.41) is 14.3. The van der Waals surface area contributed by atoms with Crippen molar-refractivity contribution in [2.75, 3.05) is 5.32 Å². The molecule has 0 atom stereocenters. The number of thiophene rings is 1. The van der Waals surface area contributed by atoms with E-state index < -0.39 is 11.8 Å². The molecule has 3 aromatic rings. The van der Waals surface area contributed by atoms with Crippen LogP contribution < -0.4 is 10.9 Å². The summed E-state index contributed by atoms with van der Waals surface area (Å²) in [6.45, 7) is 0. The Balaban J connectivity index is 2.27. The van der Waals surface area contributed by atoms with Crippen molar-refractivity contribution in [3.63, 3.8) is 0 Å². The fourth-order valence-electron chi connectivity index (χ4n) is 2.29. The Morgan fingerprint density at radius 2 is 2.13 bits per heavy atom. The predicted octanol–water partition coefficient (Wildman–Crippen LogP) is 3.79. The summed E-state index contributed by atoms with van der Waals surface area (Å²) in [5.74, 6) is -1.65. The van der Waals surface area contributed by atoms with Crippen molar-refractivity contribution < 1.29 is 14.3 Å². The maximum absolute atomic E-state index is 14.1. The third-order valence-corrected chi connectivity index (χ3v) is 5.00. The van der Waals surface area contributed by atoms with Crippen LogP contribution in [-0.4, -0.2) is 15.6 Å². The summed E-state index contributed by atoms with van der Waals surface area (Å²) >= 11 is 3.15. The van der Waals surface area contributed by atoms with Crippen LogP contribution in [0.5, 0.6) is 0 Å². The van der Waals surface area contributed by atoms with Crippen LogP contribution in [0.4, 0.5) is 15.9 Å².